The SMILES string of the molecule is CC(C)[C@](C)(C#N)NC(=O)COC(=O)c1cc(Br)ccc1F. The van der Waals surface area contributed by atoms with Crippen LogP contribution in [0.15, 0.2) is 22.7 Å². The van der Waals surface area contributed by atoms with Crippen molar-refractivity contribution < 1.29 is 18.7 Å². The molecule has 0 bridgehead atoms. The summed E-state index contributed by atoms with van der Waals surface area (Å²) in [5.74, 6) is -2.43. The molecule has 0 saturated heterocycles. The predicted molar refractivity (Wildman–Crippen MR) is 81.4 cm³/mol. The molecule has 0 fully saturated rings. The van der Waals surface area contributed by atoms with E-state index in [9.17, 15) is 14.0 Å². The van der Waals surface area contributed by atoms with E-state index < -0.39 is 29.8 Å². The number of ether oxygens (including phenoxy) is 1. The number of rotatable bonds is 5. The summed E-state index contributed by atoms with van der Waals surface area (Å²) < 4.78 is 18.8. The molecule has 0 spiro atoms. The summed E-state index contributed by atoms with van der Waals surface area (Å²) >= 11 is 3.12. The van der Waals surface area contributed by atoms with E-state index in [0.717, 1.165) is 6.07 Å². The molecule has 0 saturated carbocycles. The maximum Gasteiger partial charge on any atom is 0.341 e. The highest BCUT2D eigenvalue weighted by atomic mass is 79.9. The van der Waals surface area contributed by atoms with E-state index in [2.05, 4.69) is 21.2 Å². The average Bonchev–Trinajstić information content (AvgIpc) is 2.46. The van der Waals surface area contributed by atoms with Gasteiger partial charge in [0.05, 0.1) is 11.6 Å². The molecule has 0 heterocycles. The Morgan fingerprint density at radius 2 is 2.14 bits per heavy atom. The number of hydrogen-bond acceptors (Lipinski definition) is 4. The van der Waals surface area contributed by atoms with Gasteiger partial charge in [0.2, 0.25) is 0 Å². The Morgan fingerprint density at radius 1 is 1.50 bits per heavy atom. The summed E-state index contributed by atoms with van der Waals surface area (Å²) in [5, 5.41) is 11.6. The van der Waals surface area contributed by atoms with Crippen molar-refractivity contribution >= 4 is 27.8 Å². The van der Waals surface area contributed by atoms with Crippen LogP contribution in [0.1, 0.15) is 31.1 Å². The Bertz CT molecular complexity index is 628. The van der Waals surface area contributed by atoms with Crippen LogP contribution in [0.4, 0.5) is 4.39 Å². The van der Waals surface area contributed by atoms with Crippen molar-refractivity contribution in [1.29, 1.82) is 5.26 Å². The van der Waals surface area contributed by atoms with E-state index in [4.69, 9.17) is 10.00 Å². The zero-order chi connectivity index (χ0) is 16.9. The highest BCUT2D eigenvalue weighted by Gasteiger charge is 2.30. The van der Waals surface area contributed by atoms with Crippen LogP contribution in [0.2, 0.25) is 0 Å². The minimum Gasteiger partial charge on any atom is -0.452 e. The Balaban J connectivity index is 2.67. The number of esters is 1. The molecule has 0 aliphatic rings. The summed E-state index contributed by atoms with van der Waals surface area (Å²) in [6, 6.07) is 5.83. The first-order valence-electron chi connectivity index (χ1n) is 6.54. The lowest BCUT2D eigenvalue weighted by Crippen LogP contribution is -2.50. The second-order valence-corrected chi connectivity index (χ2v) is 6.13. The summed E-state index contributed by atoms with van der Waals surface area (Å²) in [6.45, 7) is 4.55. The summed E-state index contributed by atoms with van der Waals surface area (Å²) in [5.41, 5.74) is -1.33. The standard InChI is InChI=1S/C15H16BrFN2O3/c1-9(2)15(3,8-18)19-13(20)7-22-14(21)11-6-10(16)4-5-12(11)17/h4-6,9H,7H2,1-3H3,(H,19,20)/t15-/m0/s1. The van der Waals surface area contributed by atoms with E-state index in [1.165, 1.54) is 12.1 Å². The van der Waals surface area contributed by atoms with Gasteiger partial charge in [-0.3, -0.25) is 4.79 Å². The van der Waals surface area contributed by atoms with Gasteiger partial charge in [-0.2, -0.15) is 5.26 Å². The molecule has 118 valence electrons. The minimum absolute atomic E-state index is 0.125. The van der Waals surface area contributed by atoms with Gasteiger partial charge in [-0.25, -0.2) is 9.18 Å². The van der Waals surface area contributed by atoms with Crippen LogP contribution in [-0.2, 0) is 9.53 Å². The molecule has 1 atom stereocenters. The van der Waals surface area contributed by atoms with Crippen molar-refractivity contribution in [2.24, 2.45) is 5.92 Å². The predicted octanol–water partition coefficient (Wildman–Crippen LogP) is 2.80. The molecule has 1 amide bonds. The van der Waals surface area contributed by atoms with Gasteiger partial charge in [0, 0.05) is 4.47 Å². The van der Waals surface area contributed by atoms with Crippen LogP contribution in [0.3, 0.4) is 0 Å². The molecule has 0 aliphatic heterocycles. The number of halogens is 2. The van der Waals surface area contributed by atoms with Crippen molar-refractivity contribution in [3.8, 4) is 6.07 Å². The molecular weight excluding hydrogens is 355 g/mol. The van der Waals surface area contributed by atoms with Gasteiger partial charge in [0.15, 0.2) is 6.61 Å². The Hall–Kier alpha value is -1.94. The number of nitrogens with zero attached hydrogens (tertiary/aromatic N) is 1. The van der Waals surface area contributed by atoms with Gasteiger partial charge in [-0.1, -0.05) is 29.8 Å². The number of carbonyl (C=O) groups is 2. The number of amides is 1. The largest absolute Gasteiger partial charge is 0.452 e. The van der Waals surface area contributed by atoms with Crippen LogP contribution in [0.5, 0.6) is 0 Å². The fourth-order valence-corrected chi connectivity index (χ4v) is 1.85. The summed E-state index contributed by atoms with van der Waals surface area (Å²) in [6.07, 6.45) is 0. The smallest absolute Gasteiger partial charge is 0.341 e. The zero-order valence-electron chi connectivity index (χ0n) is 12.4. The highest BCUT2D eigenvalue weighted by Crippen LogP contribution is 2.17. The van der Waals surface area contributed by atoms with Gasteiger partial charge >= 0.3 is 5.97 Å². The van der Waals surface area contributed by atoms with Crippen LogP contribution >= 0.6 is 15.9 Å². The Labute approximate surface area is 136 Å². The van der Waals surface area contributed by atoms with Crippen molar-refractivity contribution in [3.05, 3.63) is 34.1 Å². The summed E-state index contributed by atoms with van der Waals surface area (Å²) in [7, 11) is 0. The molecule has 5 nitrogen and oxygen atoms in total. The third-order valence-electron chi connectivity index (χ3n) is 3.27. The van der Waals surface area contributed by atoms with E-state index in [1.807, 2.05) is 6.07 Å². The third kappa shape index (κ3) is 4.53. The average molecular weight is 371 g/mol. The molecule has 1 rings (SSSR count). The second kappa shape index (κ2) is 7.36. The van der Waals surface area contributed by atoms with E-state index >= 15 is 0 Å². The monoisotopic (exact) mass is 370 g/mol. The number of nitriles is 1. The fraction of sp³-hybridized carbons (Fsp3) is 0.400. The van der Waals surface area contributed by atoms with E-state index in [0.29, 0.717) is 4.47 Å². The topological polar surface area (TPSA) is 79.2 Å². The third-order valence-corrected chi connectivity index (χ3v) is 3.76. The zero-order valence-corrected chi connectivity index (χ0v) is 14.0. The molecule has 0 radical (unpaired) electrons. The second-order valence-electron chi connectivity index (χ2n) is 5.22. The maximum atomic E-state index is 13.5. The van der Waals surface area contributed by atoms with E-state index in [1.54, 1.807) is 20.8 Å². The Morgan fingerprint density at radius 3 is 2.68 bits per heavy atom. The highest BCUT2D eigenvalue weighted by molar-refractivity contribution is 9.10. The first kappa shape index (κ1) is 18.1. The maximum absolute atomic E-state index is 13.5. The van der Waals surface area contributed by atoms with Gasteiger partial charge in [0.25, 0.3) is 5.91 Å². The molecule has 7 heteroatoms. The van der Waals surface area contributed by atoms with Crippen LogP contribution in [0.25, 0.3) is 0 Å². The molecule has 1 N–H and O–H groups in total. The fourth-order valence-electron chi connectivity index (χ4n) is 1.49. The van der Waals surface area contributed by atoms with E-state index in [-0.39, 0.29) is 11.5 Å². The number of carbonyl (C=O) groups excluding carboxylic acids is 2. The molecular formula is C15H16BrFN2O3. The lowest BCUT2D eigenvalue weighted by atomic mass is 9.90. The number of nitrogens with one attached hydrogen (secondary N) is 1. The molecule has 0 unspecified atom stereocenters. The van der Waals surface area contributed by atoms with Crippen LogP contribution < -0.4 is 5.32 Å². The Kier molecular flexibility index (Phi) is 6.06. The molecule has 1 aromatic carbocycles. The first-order chi connectivity index (χ1) is 10.2. The molecule has 22 heavy (non-hydrogen) atoms. The lowest BCUT2D eigenvalue weighted by Gasteiger charge is -2.27. The van der Waals surface area contributed by atoms with Crippen molar-refractivity contribution in [2.75, 3.05) is 6.61 Å². The summed E-state index contributed by atoms with van der Waals surface area (Å²) in [4.78, 5) is 23.5. The van der Waals surface area contributed by atoms with Crippen molar-refractivity contribution in [1.82, 2.24) is 5.32 Å². The molecule has 0 aliphatic carbocycles. The normalized spacial score (nSPS) is 13.1. The number of hydrogen-bond donors (Lipinski definition) is 1. The van der Waals surface area contributed by atoms with Gasteiger partial charge in [0.1, 0.15) is 11.4 Å². The minimum atomic E-state index is -1.06. The van der Waals surface area contributed by atoms with Gasteiger partial charge < -0.3 is 10.1 Å². The lowest BCUT2D eigenvalue weighted by molar-refractivity contribution is -0.125. The van der Waals surface area contributed by atoms with Crippen LogP contribution in [-0.4, -0.2) is 24.0 Å². The molecule has 0 aromatic heterocycles. The number of benzene rings is 1. The van der Waals surface area contributed by atoms with Crippen LogP contribution in [0, 0.1) is 23.1 Å². The van der Waals surface area contributed by atoms with Gasteiger partial charge in [-0.15, -0.1) is 0 Å². The molecule has 1 aromatic rings. The van der Waals surface area contributed by atoms with Gasteiger partial charge in [-0.05, 0) is 31.0 Å². The van der Waals surface area contributed by atoms with Crippen molar-refractivity contribution in [3.63, 3.8) is 0 Å². The van der Waals surface area contributed by atoms with Crippen molar-refractivity contribution in [2.45, 2.75) is 26.3 Å². The first-order valence-corrected chi connectivity index (χ1v) is 7.33. The quantitative estimate of drug-likeness (QED) is 0.808.